The van der Waals surface area contributed by atoms with Gasteiger partial charge in [0.1, 0.15) is 11.5 Å². The normalized spacial score (nSPS) is 15.9. The first kappa shape index (κ1) is 22.0. The van der Waals surface area contributed by atoms with E-state index in [1.807, 2.05) is 0 Å². The molecule has 0 bridgehead atoms. The number of para-hydroxylation sites is 1. The minimum Gasteiger partial charge on any atom is -0.483 e. The van der Waals surface area contributed by atoms with E-state index in [0.717, 1.165) is 0 Å². The van der Waals surface area contributed by atoms with Crippen LogP contribution in [0.15, 0.2) is 63.5 Å². The van der Waals surface area contributed by atoms with Crippen molar-refractivity contribution >= 4 is 35.4 Å². The van der Waals surface area contributed by atoms with E-state index in [9.17, 15) is 9.59 Å². The van der Waals surface area contributed by atoms with Crippen molar-refractivity contribution in [3.05, 3.63) is 65.3 Å². The number of nitrogens with zero attached hydrogens (tertiary/aromatic N) is 1. The Kier molecular flexibility index (Phi) is 7.39. The molecule has 1 aromatic carbocycles. The molecule has 2 aromatic rings. The van der Waals surface area contributed by atoms with Gasteiger partial charge < -0.3 is 24.5 Å². The molecule has 0 aliphatic carbocycles. The van der Waals surface area contributed by atoms with E-state index in [1.54, 1.807) is 50.2 Å². The topological polar surface area (TPSA) is 114 Å². The molecule has 0 radical (unpaired) electrons. The fraction of sp³-hybridized carbons (Fsp3) is 0.238. The molecular weight excluding hydrogens is 420 g/mol. The second kappa shape index (κ2) is 10.4. The number of rotatable bonds is 8. The van der Waals surface area contributed by atoms with E-state index < -0.39 is 17.9 Å². The Labute approximate surface area is 184 Å². The largest absolute Gasteiger partial charge is 0.483 e. The molecule has 0 saturated carbocycles. The highest BCUT2D eigenvalue weighted by molar-refractivity contribution is 7.80. The van der Waals surface area contributed by atoms with Crippen LogP contribution in [-0.4, -0.2) is 36.4 Å². The number of carbonyl (C=O) groups is 2. The van der Waals surface area contributed by atoms with Gasteiger partial charge in [-0.25, -0.2) is 10.2 Å². The van der Waals surface area contributed by atoms with Crippen molar-refractivity contribution in [3.8, 4) is 5.75 Å². The van der Waals surface area contributed by atoms with E-state index in [1.165, 1.54) is 12.5 Å². The van der Waals surface area contributed by atoms with Gasteiger partial charge >= 0.3 is 5.97 Å². The van der Waals surface area contributed by atoms with Gasteiger partial charge in [0.25, 0.3) is 5.91 Å². The third-order valence-corrected chi connectivity index (χ3v) is 4.50. The molecule has 31 heavy (non-hydrogen) atoms. The maximum atomic E-state index is 12.6. The standard InChI is InChI=1S/C21H22N4O5S/c1-3-28-20(27)18-13(2)23-21(31)24-19(18)15-8-4-5-9-16(15)30-12-17(26)25-22-11-14-7-6-10-29-14/h4-11,19H,3,12H2,1-2H3,(H,25,26)(H2,23,24,31)/t19-/m0/s1. The number of hydrazone groups is 1. The number of hydrogen-bond acceptors (Lipinski definition) is 7. The summed E-state index contributed by atoms with van der Waals surface area (Å²) in [6.07, 6.45) is 2.88. The molecular formula is C21H22N4O5S. The lowest BCUT2D eigenvalue weighted by atomic mass is 9.95. The van der Waals surface area contributed by atoms with Gasteiger partial charge in [0.2, 0.25) is 0 Å². The molecule has 1 amide bonds. The van der Waals surface area contributed by atoms with E-state index in [-0.39, 0.29) is 13.2 Å². The van der Waals surface area contributed by atoms with Gasteiger partial charge in [0.15, 0.2) is 11.7 Å². The Bertz CT molecular complexity index is 1020. The first-order chi connectivity index (χ1) is 15.0. The van der Waals surface area contributed by atoms with Gasteiger partial charge in [-0.2, -0.15) is 5.10 Å². The number of furan rings is 1. The fourth-order valence-corrected chi connectivity index (χ4v) is 3.24. The molecule has 162 valence electrons. The number of esters is 1. The maximum Gasteiger partial charge on any atom is 0.338 e. The summed E-state index contributed by atoms with van der Waals surface area (Å²) in [6, 6.07) is 9.90. The number of benzene rings is 1. The molecule has 0 spiro atoms. The van der Waals surface area contributed by atoms with Gasteiger partial charge in [-0.15, -0.1) is 0 Å². The van der Waals surface area contributed by atoms with Crippen LogP contribution in [-0.2, 0) is 14.3 Å². The number of allylic oxidation sites excluding steroid dienone is 1. The van der Waals surface area contributed by atoms with Crippen LogP contribution in [0.25, 0.3) is 0 Å². The molecule has 10 heteroatoms. The summed E-state index contributed by atoms with van der Waals surface area (Å²) in [4.78, 5) is 24.6. The zero-order valence-electron chi connectivity index (χ0n) is 17.0. The number of amides is 1. The van der Waals surface area contributed by atoms with Crippen molar-refractivity contribution < 1.29 is 23.5 Å². The average Bonchev–Trinajstić information content (AvgIpc) is 3.25. The van der Waals surface area contributed by atoms with Crippen LogP contribution in [0.4, 0.5) is 0 Å². The molecule has 0 unspecified atom stereocenters. The summed E-state index contributed by atoms with van der Waals surface area (Å²) < 4.78 is 16.0. The molecule has 3 N–H and O–H groups in total. The second-order valence-corrected chi connectivity index (χ2v) is 6.83. The van der Waals surface area contributed by atoms with Crippen LogP contribution in [0.2, 0.25) is 0 Å². The molecule has 1 aliphatic heterocycles. The highest BCUT2D eigenvalue weighted by Crippen LogP contribution is 2.33. The lowest BCUT2D eigenvalue weighted by Crippen LogP contribution is -2.45. The quantitative estimate of drug-likeness (QED) is 0.247. The van der Waals surface area contributed by atoms with E-state index in [4.69, 9.17) is 26.1 Å². The first-order valence-corrected chi connectivity index (χ1v) is 9.93. The number of carbonyl (C=O) groups excluding carboxylic acids is 2. The molecule has 0 saturated heterocycles. The predicted octanol–water partition coefficient (Wildman–Crippen LogP) is 2.16. The predicted molar refractivity (Wildman–Crippen MR) is 117 cm³/mol. The monoisotopic (exact) mass is 442 g/mol. The molecule has 0 fully saturated rings. The average molecular weight is 442 g/mol. The van der Waals surface area contributed by atoms with Crippen molar-refractivity contribution in [1.82, 2.24) is 16.1 Å². The highest BCUT2D eigenvalue weighted by atomic mass is 32.1. The minimum absolute atomic E-state index is 0.240. The molecule has 2 heterocycles. The van der Waals surface area contributed by atoms with E-state index >= 15 is 0 Å². The summed E-state index contributed by atoms with van der Waals surface area (Å²) in [5.74, 6) is 0.00804. The van der Waals surface area contributed by atoms with Crippen LogP contribution in [0, 0.1) is 0 Å². The van der Waals surface area contributed by atoms with Crippen molar-refractivity contribution in [2.24, 2.45) is 5.10 Å². The Balaban J connectivity index is 1.74. The lowest BCUT2D eigenvalue weighted by Gasteiger charge is -2.30. The summed E-state index contributed by atoms with van der Waals surface area (Å²) in [5.41, 5.74) is 3.98. The summed E-state index contributed by atoms with van der Waals surface area (Å²) in [7, 11) is 0. The Morgan fingerprint density at radius 2 is 2.10 bits per heavy atom. The minimum atomic E-state index is -0.593. The van der Waals surface area contributed by atoms with Gasteiger partial charge in [-0.1, -0.05) is 18.2 Å². The molecule has 1 atom stereocenters. The van der Waals surface area contributed by atoms with E-state index in [0.29, 0.717) is 33.5 Å². The van der Waals surface area contributed by atoms with Crippen LogP contribution in [0.5, 0.6) is 5.75 Å². The van der Waals surface area contributed by atoms with Gasteiger partial charge in [-0.05, 0) is 44.3 Å². The SMILES string of the molecule is CCOC(=O)C1=C(C)NC(=S)N[C@H]1c1ccccc1OCC(=O)NN=Cc1ccco1. The lowest BCUT2D eigenvalue weighted by molar-refractivity contribution is -0.139. The zero-order chi connectivity index (χ0) is 22.2. The summed E-state index contributed by atoms with van der Waals surface area (Å²) in [5, 5.41) is 10.2. The third-order valence-electron chi connectivity index (χ3n) is 4.28. The third kappa shape index (κ3) is 5.70. The van der Waals surface area contributed by atoms with Gasteiger partial charge in [-0.3, -0.25) is 4.79 Å². The molecule has 9 nitrogen and oxygen atoms in total. The fourth-order valence-electron chi connectivity index (χ4n) is 2.97. The maximum absolute atomic E-state index is 12.6. The van der Waals surface area contributed by atoms with Crippen LogP contribution in [0.1, 0.15) is 31.2 Å². The number of ether oxygens (including phenoxy) is 2. The highest BCUT2D eigenvalue weighted by Gasteiger charge is 2.32. The van der Waals surface area contributed by atoms with Crippen LogP contribution >= 0.6 is 12.2 Å². The van der Waals surface area contributed by atoms with Gasteiger partial charge in [0.05, 0.1) is 30.7 Å². The van der Waals surface area contributed by atoms with Crippen LogP contribution in [0.3, 0.4) is 0 Å². The van der Waals surface area contributed by atoms with E-state index in [2.05, 4.69) is 21.2 Å². The van der Waals surface area contributed by atoms with Crippen molar-refractivity contribution in [2.45, 2.75) is 19.9 Å². The number of hydrogen-bond donors (Lipinski definition) is 3. The van der Waals surface area contributed by atoms with Crippen molar-refractivity contribution in [3.63, 3.8) is 0 Å². The smallest absolute Gasteiger partial charge is 0.338 e. The Morgan fingerprint density at radius 1 is 1.29 bits per heavy atom. The number of nitrogens with one attached hydrogen (secondary N) is 3. The van der Waals surface area contributed by atoms with Crippen molar-refractivity contribution in [2.75, 3.05) is 13.2 Å². The van der Waals surface area contributed by atoms with Crippen LogP contribution < -0.4 is 20.8 Å². The Hall–Kier alpha value is -3.66. The first-order valence-electron chi connectivity index (χ1n) is 9.52. The van der Waals surface area contributed by atoms with Crippen molar-refractivity contribution in [1.29, 1.82) is 0 Å². The molecule has 1 aromatic heterocycles. The van der Waals surface area contributed by atoms with Gasteiger partial charge in [0, 0.05) is 11.3 Å². The zero-order valence-corrected chi connectivity index (χ0v) is 17.8. The summed E-state index contributed by atoms with van der Waals surface area (Å²) in [6.45, 7) is 3.45. The molecule has 3 rings (SSSR count). The second-order valence-electron chi connectivity index (χ2n) is 6.43. The molecule has 1 aliphatic rings. The number of thiocarbonyl (C=S) groups is 1. The summed E-state index contributed by atoms with van der Waals surface area (Å²) >= 11 is 5.26. The Morgan fingerprint density at radius 3 is 2.84 bits per heavy atom.